The monoisotopic (exact) mass is 261 g/mol. The average Bonchev–Trinajstić information content (AvgIpc) is 3.09. The van der Waals surface area contributed by atoms with Crippen LogP contribution in [-0.4, -0.2) is 26.8 Å². The van der Waals surface area contributed by atoms with Crippen LogP contribution in [0.4, 0.5) is 0 Å². The zero-order valence-electron chi connectivity index (χ0n) is 12.5. The summed E-state index contributed by atoms with van der Waals surface area (Å²) in [6.45, 7) is 7.54. The van der Waals surface area contributed by atoms with Gasteiger partial charge >= 0.3 is 0 Å². The molecular formula is C17H27NO. The molecule has 2 rings (SSSR count). The predicted octanol–water partition coefficient (Wildman–Crippen LogP) is 3.23. The van der Waals surface area contributed by atoms with Gasteiger partial charge in [0.05, 0.1) is 6.61 Å². The summed E-state index contributed by atoms with van der Waals surface area (Å²) in [7, 11) is 1.76. The SMILES string of the molecule is COCCNCC1CC1(CC(C)C)c1ccccc1. The minimum atomic E-state index is 0.426. The van der Waals surface area contributed by atoms with Gasteiger partial charge in [-0.3, -0.25) is 0 Å². The second-order valence-electron chi connectivity index (χ2n) is 6.22. The highest BCUT2D eigenvalue weighted by Gasteiger charge is 2.54. The smallest absolute Gasteiger partial charge is 0.0587 e. The molecule has 0 amide bonds. The minimum absolute atomic E-state index is 0.426. The van der Waals surface area contributed by atoms with Gasteiger partial charge < -0.3 is 10.1 Å². The summed E-state index contributed by atoms with van der Waals surface area (Å²) >= 11 is 0. The molecule has 1 saturated carbocycles. The Kier molecular flexibility index (Phi) is 5.00. The van der Waals surface area contributed by atoms with Crippen molar-refractivity contribution in [3.63, 3.8) is 0 Å². The Morgan fingerprint density at radius 3 is 2.68 bits per heavy atom. The van der Waals surface area contributed by atoms with Gasteiger partial charge in [0.1, 0.15) is 0 Å². The molecule has 2 heteroatoms. The summed E-state index contributed by atoms with van der Waals surface area (Å²) in [5, 5.41) is 3.52. The lowest BCUT2D eigenvalue weighted by molar-refractivity contribution is 0.198. The lowest BCUT2D eigenvalue weighted by Crippen LogP contribution is -2.25. The summed E-state index contributed by atoms with van der Waals surface area (Å²) in [6, 6.07) is 11.1. The maximum absolute atomic E-state index is 5.08. The highest BCUT2D eigenvalue weighted by molar-refractivity contribution is 5.34. The Labute approximate surface area is 117 Å². The number of methoxy groups -OCH3 is 1. The van der Waals surface area contributed by atoms with Crippen molar-refractivity contribution in [1.29, 1.82) is 0 Å². The van der Waals surface area contributed by atoms with Gasteiger partial charge in [-0.25, -0.2) is 0 Å². The molecule has 2 atom stereocenters. The van der Waals surface area contributed by atoms with Crippen LogP contribution in [0.25, 0.3) is 0 Å². The summed E-state index contributed by atoms with van der Waals surface area (Å²) < 4.78 is 5.08. The first-order valence-electron chi connectivity index (χ1n) is 7.44. The lowest BCUT2D eigenvalue weighted by atomic mass is 9.85. The second kappa shape index (κ2) is 6.53. The number of benzene rings is 1. The van der Waals surface area contributed by atoms with E-state index in [9.17, 15) is 0 Å². The Morgan fingerprint density at radius 1 is 1.32 bits per heavy atom. The quantitative estimate of drug-likeness (QED) is 0.725. The second-order valence-corrected chi connectivity index (χ2v) is 6.22. The molecule has 0 heterocycles. The van der Waals surface area contributed by atoms with Gasteiger partial charge in [0.2, 0.25) is 0 Å². The largest absolute Gasteiger partial charge is 0.383 e. The van der Waals surface area contributed by atoms with Crippen LogP contribution >= 0.6 is 0 Å². The molecule has 1 fully saturated rings. The zero-order valence-corrected chi connectivity index (χ0v) is 12.5. The number of ether oxygens (including phenoxy) is 1. The normalized spacial score (nSPS) is 25.8. The van der Waals surface area contributed by atoms with Crippen molar-refractivity contribution < 1.29 is 4.74 Å². The average molecular weight is 261 g/mol. The molecule has 0 aromatic heterocycles. The van der Waals surface area contributed by atoms with Gasteiger partial charge in [0.15, 0.2) is 0 Å². The molecule has 1 N–H and O–H groups in total. The van der Waals surface area contributed by atoms with Crippen LogP contribution in [0.5, 0.6) is 0 Å². The van der Waals surface area contributed by atoms with E-state index in [1.165, 1.54) is 18.4 Å². The van der Waals surface area contributed by atoms with Crippen LogP contribution in [0.1, 0.15) is 32.3 Å². The van der Waals surface area contributed by atoms with E-state index >= 15 is 0 Å². The summed E-state index contributed by atoms with van der Waals surface area (Å²) in [5.74, 6) is 1.54. The fourth-order valence-corrected chi connectivity index (χ4v) is 3.32. The number of nitrogens with one attached hydrogen (secondary N) is 1. The van der Waals surface area contributed by atoms with Gasteiger partial charge in [0, 0.05) is 13.7 Å². The molecule has 0 bridgehead atoms. The van der Waals surface area contributed by atoms with Gasteiger partial charge in [0.25, 0.3) is 0 Å². The first-order chi connectivity index (χ1) is 9.19. The van der Waals surface area contributed by atoms with Crippen LogP contribution in [0.2, 0.25) is 0 Å². The maximum atomic E-state index is 5.08. The van der Waals surface area contributed by atoms with Gasteiger partial charge in [-0.15, -0.1) is 0 Å². The summed E-state index contributed by atoms with van der Waals surface area (Å²) in [6.07, 6.45) is 2.63. The van der Waals surface area contributed by atoms with Crippen LogP contribution in [0.15, 0.2) is 30.3 Å². The number of hydrogen-bond acceptors (Lipinski definition) is 2. The number of hydrogen-bond donors (Lipinski definition) is 1. The van der Waals surface area contributed by atoms with Crippen molar-refractivity contribution in [3.8, 4) is 0 Å². The molecule has 19 heavy (non-hydrogen) atoms. The Hall–Kier alpha value is -0.860. The van der Waals surface area contributed by atoms with E-state index < -0.39 is 0 Å². The van der Waals surface area contributed by atoms with Crippen LogP contribution in [0.3, 0.4) is 0 Å². The Balaban J connectivity index is 1.96. The summed E-state index contributed by atoms with van der Waals surface area (Å²) in [5.41, 5.74) is 1.96. The fourth-order valence-electron chi connectivity index (χ4n) is 3.32. The van der Waals surface area contributed by atoms with Crippen molar-refractivity contribution in [2.45, 2.75) is 32.1 Å². The van der Waals surface area contributed by atoms with Crippen molar-refractivity contribution in [3.05, 3.63) is 35.9 Å². The summed E-state index contributed by atoms with van der Waals surface area (Å²) in [4.78, 5) is 0. The first kappa shape index (κ1) is 14.5. The molecule has 2 nitrogen and oxygen atoms in total. The van der Waals surface area contributed by atoms with E-state index in [1.54, 1.807) is 7.11 Å². The third-order valence-electron chi connectivity index (χ3n) is 4.23. The molecule has 1 aliphatic carbocycles. The van der Waals surface area contributed by atoms with Crippen molar-refractivity contribution >= 4 is 0 Å². The predicted molar refractivity (Wildman–Crippen MR) is 80.4 cm³/mol. The molecule has 0 spiro atoms. The van der Waals surface area contributed by atoms with Gasteiger partial charge in [-0.1, -0.05) is 44.2 Å². The lowest BCUT2D eigenvalue weighted by Gasteiger charge is -2.21. The minimum Gasteiger partial charge on any atom is -0.383 e. The van der Waals surface area contributed by atoms with E-state index in [0.29, 0.717) is 5.41 Å². The zero-order chi connectivity index (χ0) is 13.7. The van der Waals surface area contributed by atoms with Crippen LogP contribution in [0, 0.1) is 11.8 Å². The van der Waals surface area contributed by atoms with Crippen LogP contribution in [-0.2, 0) is 10.2 Å². The molecule has 1 aliphatic rings. The Morgan fingerprint density at radius 2 is 2.05 bits per heavy atom. The van der Waals surface area contributed by atoms with Gasteiger partial charge in [-0.05, 0) is 42.2 Å². The number of rotatable bonds is 8. The molecule has 106 valence electrons. The molecule has 1 aromatic rings. The molecule has 2 unspecified atom stereocenters. The fraction of sp³-hybridized carbons (Fsp3) is 0.647. The van der Waals surface area contributed by atoms with Crippen molar-refractivity contribution in [2.75, 3.05) is 26.8 Å². The van der Waals surface area contributed by atoms with Gasteiger partial charge in [-0.2, -0.15) is 0 Å². The highest BCUT2D eigenvalue weighted by Crippen LogP contribution is 2.57. The van der Waals surface area contributed by atoms with Crippen molar-refractivity contribution in [2.24, 2.45) is 11.8 Å². The molecule has 0 aliphatic heterocycles. The third kappa shape index (κ3) is 3.58. The topological polar surface area (TPSA) is 21.3 Å². The van der Waals surface area contributed by atoms with E-state index in [-0.39, 0.29) is 0 Å². The molecule has 1 aromatic carbocycles. The Bertz CT molecular complexity index is 376. The maximum Gasteiger partial charge on any atom is 0.0587 e. The standard InChI is InChI=1S/C17H27NO/c1-14(2)11-17(15-7-5-4-6-8-15)12-16(17)13-18-9-10-19-3/h4-8,14,16,18H,9-13H2,1-3H3. The van der Waals surface area contributed by atoms with E-state index in [2.05, 4.69) is 49.5 Å². The van der Waals surface area contributed by atoms with E-state index in [0.717, 1.165) is 31.5 Å². The molecular weight excluding hydrogens is 234 g/mol. The van der Waals surface area contributed by atoms with Crippen LogP contribution < -0.4 is 5.32 Å². The third-order valence-corrected chi connectivity index (χ3v) is 4.23. The highest BCUT2D eigenvalue weighted by atomic mass is 16.5. The molecule has 0 radical (unpaired) electrons. The van der Waals surface area contributed by atoms with E-state index in [1.807, 2.05) is 0 Å². The first-order valence-corrected chi connectivity index (χ1v) is 7.44. The molecule has 0 saturated heterocycles. The van der Waals surface area contributed by atoms with Crippen molar-refractivity contribution in [1.82, 2.24) is 5.32 Å². The van der Waals surface area contributed by atoms with E-state index in [4.69, 9.17) is 4.74 Å².